The van der Waals surface area contributed by atoms with E-state index >= 15 is 0 Å². The molecule has 2 N–H and O–H groups in total. The van der Waals surface area contributed by atoms with Crippen LogP contribution >= 0.6 is 11.8 Å². The fourth-order valence-corrected chi connectivity index (χ4v) is 3.86. The van der Waals surface area contributed by atoms with Crippen molar-refractivity contribution in [1.29, 1.82) is 0 Å². The van der Waals surface area contributed by atoms with Gasteiger partial charge < -0.3 is 10.4 Å². The predicted octanol–water partition coefficient (Wildman–Crippen LogP) is 3.78. The highest BCUT2D eigenvalue weighted by molar-refractivity contribution is 8.01. The summed E-state index contributed by atoms with van der Waals surface area (Å²) in [6.45, 7) is 1.93. The number of carboxylic acid groups (broad SMARTS) is 1. The van der Waals surface area contributed by atoms with Crippen molar-refractivity contribution in [3.63, 3.8) is 0 Å². The fraction of sp³-hybridized carbons (Fsp3) is 0.500. The molecule has 1 fully saturated rings. The van der Waals surface area contributed by atoms with Gasteiger partial charge in [0, 0.05) is 10.9 Å². The summed E-state index contributed by atoms with van der Waals surface area (Å²) >= 11 is 1.75. The zero-order valence-electron chi connectivity index (χ0n) is 12.2. The Kier molecular flexibility index (Phi) is 5.67. The molecule has 2 rings (SSSR count). The molecule has 0 aliphatic heterocycles. The Morgan fingerprint density at radius 1 is 1.19 bits per heavy atom. The van der Waals surface area contributed by atoms with Crippen molar-refractivity contribution in [2.24, 2.45) is 0 Å². The van der Waals surface area contributed by atoms with Crippen LogP contribution in [-0.2, 0) is 4.79 Å². The molecule has 0 aromatic heterocycles. The molecule has 1 aliphatic carbocycles. The third kappa shape index (κ3) is 4.77. The van der Waals surface area contributed by atoms with Crippen molar-refractivity contribution in [2.75, 3.05) is 5.32 Å². The first kappa shape index (κ1) is 15.9. The quantitative estimate of drug-likeness (QED) is 0.869. The van der Waals surface area contributed by atoms with Crippen LogP contribution in [0.1, 0.15) is 49.4 Å². The van der Waals surface area contributed by atoms with E-state index in [0.29, 0.717) is 10.9 Å². The predicted molar refractivity (Wildman–Crippen MR) is 86.0 cm³/mol. The maximum atomic E-state index is 12.2. The minimum absolute atomic E-state index is 0.0198. The monoisotopic (exact) mass is 307 g/mol. The molecular formula is C16H21NO3S. The molecule has 0 bridgehead atoms. The van der Waals surface area contributed by atoms with Gasteiger partial charge in [-0.3, -0.25) is 4.79 Å². The van der Waals surface area contributed by atoms with Gasteiger partial charge in [-0.15, -0.1) is 11.8 Å². The number of nitrogens with one attached hydrogen (secondary N) is 1. The molecule has 1 amide bonds. The van der Waals surface area contributed by atoms with Crippen molar-refractivity contribution in [2.45, 2.75) is 49.5 Å². The van der Waals surface area contributed by atoms with Gasteiger partial charge in [-0.25, -0.2) is 4.79 Å². The first-order chi connectivity index (χ1) is 10.1. The maximum Gasteiger partial charge on any atom is 0.335 e. The fourth-order valence-electron chi connectivity index (χ4n) is 2.49. The molecule has 5 heteroatoms. The summed E-state index contributed by atoms with van der Waals surface area (Å²) < 4.78 is 0. The number of thioether (sulfide) groups is 1. The average molecular weight is 307 g/mol. The van der Waals surface area contributed by atoms with Crippen LogP contribution in [0.25, 0.3) is 0 Å². The highest BCUT2D eigenvalue weighted by atomic mass is 32.2. The summed E-state index contributed by atoms with van der Waals surface area (Å²) in [7, 11) is 0. The summed E-state index contributed by atoms with van der Waals surface area (Å²) in [6, 6.07) is 6.24. The van der Waals surface area contributed by atoms with E-state index in [2.05, 4.69) is 5.32 Å². The maximum absolute atomic E-state index is 12.2. The van der Waals surface area contributed by atoms with Crippen molar-refractivity contribution in [3.8, 4) is 0 Å². The number of carbonyl (C=O) groups is 2. The first-order valence-electron chi connectivity index (χ1n) is 7.36. The van der Waals surface area contributed by atoms with E-state index in [4.69, 9.17) is 5.11 Å². The lowest BCUT2D eigenvalue weighted by atomic mass is 10.0. The number of carbonyl (C=O) groups excluding carboxylic acids is 1. The summed E-state index contributed by atoms with van der Waals surface area (Å²) in [5, 5.41) is 12.2. The number of anilines is 1. The molecule has 0 radical (unpaired) electrons. The zero-order valence-corrected chi connectivity index (χ0v) is 13.0. The molecule has 1 aromatic carbocycles. The summed E-state index contributed by atoms with van der Waals surface area (Å²) in [4.78, 5) is 22.9. The minimum atomic E-state index is -0.964. The van der Waals surface area contributed by atoms with Gasteiger partial charge in [0.2, 0.25) is 5.91 Å². The minimum Gasteiger partial charge on any atom is -0.478 e. The van der Waals surface area contributed by atoms with Crippen molar-refractivity contribution in [1.82, 2.24) is 0 Å². The first-order valence-corrected chi connectivity index (χ1v) is 8.30. The number of hydrogen-bond acceptors (Lipinski definition) is 3. The number of hydrogen-bond donors (Lipinski definition) is 2. The second-order valence-corrected chi connectivity index (χ2v) is 7.06. The van der Waals surface area contributed by atoms with Crippen molar-refractivity contribution in [3.05, 3.63) is 29.8 Å². The highest BCUT2D eigenvalue weighted by Crippen LogP contribution is 2.31. The van der Waals surface area contributed by atoms with Crippen molar-refractivity contribution >= 4 is 29.3 Å². The van der Waals surface area contributed by atoms with Gasteiger partial charge in [-0.05, 0) is 44.0 Å². The lowest BCUT2D eigenvalue weighted by Crippen LogP contribution is -2.25. The van der Waals surface area contributed by atoms with Crippen LogP contribution in [0.2, 0.25) is 0 Å². The smallest absolute Gasteiger partial charge is 0.335 e. The van der Waals surface area contributed by atoms with E-state index in [0.717, 1.165) is 0 Å². The molecule has 114 valence electrons. The number of benzene rings is 1. The van der Waals surface area contributed by atoms with E-state index in [1.54, 1.807) is 23.9 Å². The molecule has 4 nitrogen and oxygen atoms in total. The van der Waals surface area contributed by atoms with E-state index < -0.39 is 5.97 Å². The highest BCUT2D eigenvalue weighted by Gasteiger charge is 2.21. The van der Waals surface area contributed by atoms with Crippen LogP contribution < -0.4 is 5.32 Å². The Morgan fingerprint density at radius 2 is 1.81 bits per heavy atom. The largest absolute Gasteiger partial charge is 0.478 e. The summed E-state index contributed by atoms with van der Waals surface area (Å²) in [5.74, 6) is -0.984. The Hall–Kier alpha value is -1.49. The van der Waals surface area contributed by atoms with Gasteiger partial charge in [0.05, 0.1) is 10.8 Å². The Bertz CT molecular complexity index is 495. The van der Waals surface area contributed by atoms with Gasteiger partial charge in [-0.1, -0.05) is 19.3 Å². The normalized spacial score (nSPS) is 17.2. The Balaban J connectivity index is 1.86. The van der Waals surface area contributed by atoms with Crippen LogP contribution in [0.5, 0.6) is 0 Å². The van der Waals surface area contributed by atoms with Gasteiger partial charge in [0.15, 0.2) is 0 Å². The molecule has 1 atom stereocenters. The van der Waals surface area contributed by atoms with E-state index in [-0.39, 0.29) is 16.7 Å². The van der Waals surface area contributed by atoms with Crippen LogP contribution in [0.3, 0.4) is 0 Å². The van der Waals surface area contributed by atoms with Gasteiger partial charge in [0.25, 0.3) is 0 Å². The van der Waals surface area contributed by atoms with Gasteiger partial charge in [-0.2, -0.15) is 0 Å². The van der Waals surface area contributed by atoms with Crippen LogP contribution in [0.15, 0.2) is 24.3 Å². The molecule has 0 spiro atoms. The second kappa shape index (κ2) is 7.50. The topological polar surface area (TPSA) is 66.4 Å². The molecule has 0 heterocycles. The standard InChI is InChI=1S/C16H21NO3S/c1-11(21-14-5-3-2-4-6-14)15(18)17-13-9-7-12(8-10-13)16(19)20/h7-11,14H,2-6H2,1H3,(H,17,18)(H,19,20). The number of rotatable bonds is 5. The lowest BCUT2D eigenvalue weighted by Gasteiger charge is -2.23. The Morgan fingerprint density at radius 3 is 2.38 bits per heavy atom. The van der Waals surface area contributed by atoms with Gasteiger partial charge in [0.1, 0.15) is 0 Å². The Labute approximate surface area is 129 Å². The molecule has 21 heavy (non-hydrogen) atoms. The van der Waals surface area contributed by atoms with E-state index in [1.807, 2.05) is 6.92 Å². The van der Waals surface area contributed by atoms with Crippen LogP contribution in [0.4, 0.5) is 5.69 Å². The molecule has 1 aromatic rings. The summed E-state index contributed by atoms with van der Waals surface area (Å²) in [6.07, 6.45) is 6.25. The molecular weight excluding hydrogens is 286 g/mol. The number of carboxylic acids is 1. The van der Waals surface area contributed by atoms with E-state index in [1.165, 1.54) is 44.2 Å². The molecule has 1 saturated carbocycles. The third-order valence-electron chi connectivity index (χ3n) is 3.72. The SMILES string of the molecule is CC(SC1CCCCC1)C(=O)Nc1ccc(C(=O)O)cc1. The molecule has 1 aliphatic rings. The van der Waals surface area contributed by atoms with Crippen LogP contribution in [-0.4, -0.2) is 27.5 Å². The molecule has 1 unspecified atom stereocenters. The lowest BCUT2D eigenvalue weighted by molar-refractivity contribution is -0.115. The zero-order chi connectivity index (χ0) is 15.2. The third-order valence-corrected chi connectivity index (χ3v) is 5.20. The molecule has 0 saturated heterocycles. The second-order valence-electron chi connectivity index (χ2n) is 5.41. The summed E-state index contributed by atoms with van der Waals surface area (Å²) in [5.41, 5.74) is 0.860. The van der Waals surface area contributed by atoms with Gasteiger partial charge >= 0.3 is 5.97 Å². The van der Waals surface area contributed by atoms with Crippen molar-refractivity contribution < 1.29 is 14.7 Å². The van der Waals surface area contributed by atoms with Crippen LogP contribution in [0, 0.1) is 0 Å². The van der Waals surface area contributed by atoms with E-state index in [9.17, 15) is 9.59 Å². The number of amides is 1. The number of aromatic carboxylic acids is 1. The average Bonchev–Trinajstić information content (AvgIpc) is 2.48.